The lowest BCUT2D eigenvalue weighted by molar-refractivity contribution is 0.517. The van der Waals surface area contributed by atoms with Crippen molar-refractivity contribution in [3.8, 4) is 5.69 Å². The second-order valence-corrected chi connectivity index (χ2v) is 4.88. The Hall–Kier alpha value is -1.61. The summed E-state index contributed by atoms with van der Waals surface area (Å²) in [6, 6.07) is 12.8. The average Bonchev–Trinajstić information content (AvgIpc) is 2.76. The van der Waals surface area contributed by atoms with Crippen molar-refractivity contribution in [3.05, 3.63) is 48.3 Å². The van der Waals surface area contributed by atoms with E-state index in [0.29, 0.717) is 6.04 Å². The van der Waals surface area contributed by atoms with E-state index in [1.807, 2.05) is 22.9 Å². The molecule has 3 rings (SSSR count). The molecule has 0 bridgehead atoms. The van der Waals surface area contributed by atoms with Gasteiger partial charge in [-0.25, -0.2) is 4.68 Å². The fourth-order valence-electron chi connectivity index (χ4n) is 2.53. The smallest absolute Gasteiger partial charge is 0.0798 e. The maximum Gasteiger partial charge on any atom is 0.0798 e. The van der Waals surface area contributed by atoms with Crippen LogP contribution in [0, 0.1) is 0 Å². The van der Waals surface area contributed by atoms with Crippen molar-refractivity contribution in [1.82, 2.24) is 15.1 Å². The van der Waals surface area contributed by atoms with E-state index in [9.17, 15) is 0 Å². The Kier molecular flexibility index (Phi) is 3.42. The Morgan fingerprint density at radius 2 is 1.94 bits per heavy atom. The summed E-state index contributed by atoms with van der Waals surface area (Å²) < 4.78 is 1.96. The van der Waals surface area contributed by atoms with Gasteiger partial charge in [-0.3, -0.25) is 0 Å². The van der Waals surface area contributed by atoms with E-state index < -0.39 is 0 Å². The van der Waals surface area contributed by atoms with Crippen molar-refractivity contribution in [2.24, 2.45) is 0 Å². The molecule has 1 aliphatic rings. The number of benzene rings is 1. The number of nitrogens with zero attached hydrogens (tertiary/aromatic N) is 2. The van der Waals surface area contributed by atoms with Gasteiger partial charge < -0.3 is 5.32 Å². The third kappa shape index (κ3) is 2.46. The summed E-state index contributed by atoms with van der Waals surface area (Å²) in [6.45, 7) is 1.11. The zero-order valence-electron chi connectivity index (χ0n) is 10.5. The topological polar surface area (TPSA) is 29.9 Å². The minimum atomic E-state index is 0.428. The van der Waals surface area contributed by atoms with Gasteiger partial charge in [-0.1, -0.05) is 31.0 Å². The first kappa shape index (κ1) is 11.5. The number of aromatic nitrogens is 2. The molecule has 2 heterocycles. The van der Waals surface area contributed by atoms with Gasteiger partial charge in [-0.15, -0.1) is 0 Å². The van der Waals surface area contributed by atoms with Crippen LogP contribution in [0.5, 0.6) is 0 Å². The molecule has 18 heavy (non-hydrogen) atoms. The molecule has 0 aliphatic carbocycles. The van der Waals surface area contributed by atoms with Crippen LogP contribution < -0.4 is 5.32 Å². The minimum absolute atomic E-state index is 0.428. The van der Waals surface area contributed by atoms with Crippen LogP contribution in [0.1, 0.15) is 37.4 Å². The van der Waals surface area contributed by atoms with Crippen LogP contribution >= 0.6 is 0 Å². The Morgan fingerprint density at radius 1 is 1.06 bits per heavy atom. The lowest BCUT2D eigenvalue weighted by atomic mass is 10.1. The Balaban J connectivity index is 1.80. The Bertz CT molecular complexity index is 481. The zero-order valence-corrected chi connectivity index (χ0v) is 10.5. The van der Waals surface area contributed by atoms with Crippen molar-refractivity contribution >= 4 is 0 Å². The molecule has 3 nitrogen and oxygen atoms in total. The summed E-state index contributed by atoms with van der Waals surface area (Å²) in [4.78, 5) is 0. The van der Waals surface area contributed by atoms with E-state index in [0.717, 1.165) is 12.2 Å². The molecule has 0 saturated carbocycles. The fourth-order valence-corrected chi connectivity index (χ4v) is 2.53. The first-order valence-electron chi connectivity index (χ1n) is 6.78. The fraction of sp³-hybridized carbons (Fsp3) is 0.400. The number of hydrogen-bond acceptors (Lipinski definition) is 2. The van der Waals surface area contributed by atoms with Crippen LogP contribution in [-0.2, 0) is 0 Å². The van der Waals surface area contributed by atoms with Crippen LogP contribution in [0.25, 0.3) is 5.69 Å². The summed E-state index contributed by atoms with van der Waals surface area (Å²) >= 11 is 0. The van der Waals surface area contributed by atoms with Gasteiger partial charge in [0.15, 0.2) is 0 Å². The third-order valence-electron chi connectivity index (χ3n) is 3.55. The highest BCUT2D eigenvalue weighted by Gasteiger charge is 2.16. The van der Waals surface area contributed by atoms with Crippen LogP contribution in [-0.4, -0.2) is 16.3 Å². The lowest BCUT2D eigenvalue weighted by Gasteiger charge is -2.12. The predicted octanol–water partition coefficient (Wildman–Crippen LogP) is 3.08. The number of rotatable bonds is 2. The standard InChI is InChI=1S/C15H19N3/c1-3-7-13(8-4-1)18-12-10-15(17-18)14-9-5-2-6-11-16-14/h1,3-4,7-8,10,12,14,16H,2,5-6,9,11H2. The van der Waals surface area contributed by atoms with Gasteiger partial charge in [0.25, 0.3) is 0 Å². The van der Waals surface area contributed by atoms with E-state index >= 15 is 0 Å². The van der Waals surface area contributed by atoms with Crippen molar-refractivity contribution in [2.45, 2.75) is 31.7 Å². The van der Waals surface area contributed by atoms with Crippen LogP contribution in [0.3, 0.4) is 0 Å². The van der Waals surface area contributed by atoms with Gasteiger partial charge in [0.1, 0.15) is 0 Å². The molecular weight excluding hydrogens is 222 g/mol. The monoisotopic (exact) mass is 241 g/mol. The highest BCUT2D eigenvalue weighted by Crippen LogP contribution is 2.21. The van der Waals surface area contributed by atoms with Gasteiger partial charge in [0.2, 0.25) is 0 Å². The second kappa shape index (κ2) is 5.36. The van der Waals surface area contributed by atoms with E-state index in [2.05, 4.69) is 29.7 Å². The van der Waals surface area contributed by atoms with Crippen LogP contribution in [0.4, 0.5) is 0 Å². The summed E-state index contributed by atoms with van der Waals surface area (Å²) in [5.74, 6) is 0. The SMILES string of the molecule is c1ccc(-n2ccc(C3CCCCCN3)n2)cc1. The van der Waals surface area contributed by atoms with Crippen molar-refractivity contribution in [2.75, 3.05) is 6.54 Å². The van der Waals surface area contributed by atoms with Crippen molar-refractivity contribution < 1.29 is 0 Å². The van der Waals surface area contributed by atoms with Crippen molar-refractivity contribution in [3.63, 3.8) is 0 Å². The molecule has 1 unspecified atom stereocenters. The highest BCUT2D eigenvalue weighted by molar-refractivity contribution is 5.30. The van der Waals surface area contributed by atoms with Crippen LogP contribution in [0.15, 0.2) is 42.6 Å². The molecule has 1 aromatic carbocycles. The molecule has 1 fully saturated rings. The van der Waals surface area contributed by atoms with E-state index in [-0.39, 0.29) is 0 Å². The summed E-state index contributed by atoms with van der Waals surface area (Å²) in [5, 5.41) is 8.29. The highest BCUT2D eigenvalue weighted by atomic mass is 15.3. The third-order valence-corrected chi connectivity index (χ3v) is 3.55. The zero-order chi connectivity index (χ0) is 12.2. The molecule has 1 N–H and O–H groups in total. The van der Waals surface area contributed by atoms with Gasteiger partial charge in [0.05, 0.1) is 17.4 Å². The first-order chi connectivity index (χ1) is 8.93. The van der Waals surface area contributed by atoms with Gasteiger partial charge in [-0.2, -0.15) is 5.10 Å². The Labute approximate surface area is 108 Å². The van der Waals surface area contributed by atoms with Gasteiger partial charge >= 0.3 is 0 Å². The molecule has 0 amide bonds. The van der Waals surface area contributed by atoms with E-state index in [4.69, 9.17) is 5.10 Å². The molecule has 1 atom stereocenters. The lowest BCUT2D eigenvalue weighted by Crippen LogP contribution is -2.20. The van der Waals surface area contributed by atoms with Gasteiger partial charge in [-0.05, 0) is 37.6 Å². The molecule has 1 saturated heterocycles. The summed E-state index contributed by atoms with van der Waals surface area (Å²) in [5.41, 5.74) is 2.29. The molecule has 3 heteroatoms. The summed E-state index contributed by atoms with van der Waals surface area (Å²) in [7, 11) is 0. The molecule has 2 aromatic rings. The maximum atomic E-state index is 4.70. The minimum Gasteiger partial charge on any atom is -0.309 e. The van der Waals surface area contributed by atoms with Crippen LogP contribution in [0.2, 0.25) is 0 Å². The first-order valence-corrected chi connectivity index (χ1v) is 6.78. The van der Waals surface area contributed by atoms with E-state index in [1.54, 1.807) is 0 Å². The number of para-hydroxylation sites is 1. The normalized spacial score (nSPS) is 20.6. The number of nitrogens with one attached hydrogen (secondary N) is 1. The quantitative estimate of drug-likeness (QED) is 0.875. The molecule has 1 aromatic heterocycles. The maximum absolute atomic E-state index is 4.70. The summed E-state index contributed by atoms with van der Waals surface area (Å²) in [6.07, 6.45) is 7.18. The molecule has 0 spiro atoms. The van der Waals surface area contributed by atoms with Crippen molar-refractivity contribution in [1.29, 1.82) is 0 Å². The second-order valence-electron chi connectivity index (χ2n) is 4.88. The number of hydrogen-bond donors (Lipinski definition) is 1. The molecule has 0 radical (unpaired) electrons. The molecule has 1 aliphatic heterocycles. The average molecular weight is 241 g/mol. The Morgan fingerprint density at radius 3 is 2.83 bits per heavy atom. The van der Waals surface area contributed by atoms with Gasteiger partial charge in [0, 0.05) is 6.20 Å². The molecular formula is C15H19N3. The molecule has 94 valence electrons. The van der Waals surface area contributed by atoms with E-state index in [1.165, 1.54) is 31.4 Å². The largest absolute Gasteiger partial charge is 0.309 e. The predicted molar refractivity (Wildman–Crippen MR) is 72.8 cm³/mol.